The Balaban J connectivity index is 2.37. The fourth-order valence-electron chi connectivity index (χ4n) is 2.48. The van der Waals surface area contributed by atoms with Gasteiger partial charge in [-0.3, -0.25) is 0 Å². The molecule has 0 aromatic heterocycles. The van der Waals surface area contributed by atoms with Crippen molar-refractivity contribution in [3.63, 3.8) is 0 Å². The Morgan fingerprint density at radius 2 is 1.82 bits per heavy atom. The van der Waals surface area contributed by atoms with Crippen molar-refractivity contribution in [2.24, 2.45) is 5.92 Å². The van der Waals surface area contributed by atoms with E-state index in [1.54, 1.807) is 0 Å². The van der Waals surface area contributed by atoms with Crippen LogP contribution in [-0.4, -0.2) is 13.2 Å². The highest BCUT2D eigenvalue weighted by Gasteiger charge is 2.52. The van der Waals surface area contributed by atoms with Crippen LogP contribution in [0.15, 0.2) is 0 Å². The predicted molar refractivity (Wildman–Crippen MR) is 44.1 cm³/mol. The van der Waals surface area contributed by atoms with E-state index in [-0.39, 0.29) is 0 Å². The molecule has 0 N–H and O–H groups in total. The van der Waals surface area contributed by atoms with Crippen LogP contribution in [-0.2, 0) is 9.05 Å². The summed E-state index contributed by atoms with van der Waals surface area (Å²) in [5, 5.41) is 0. The second-order valence-electron chi connectivity index (χ2n) is 3.77. The molecule has 0 amide bonds. The van der Waals surface area contributed by atoms with Crippen LogP contribution in [0.25, 0.3) is 0 Å². The summed E-state index contributed by atoms with van der Waals surface area (Å²) in [7, 11) is 2.09. The summed E-state index contributed by atoms with van der Waals surface area (Å²) in [4.78, 5) is 0. The van der Waals surface area contributed by atoms with Gasteiger partial charge in [-0.25, -0.2) is 8.42 Å². The van der Waals surface area contributed by atoms with Gasteiger partial charge in [-0.2, -0.15) is 0 Å². The van der Waals surface area contributed by atoms with Gasteiger partial charge in [0.25, 0.3) is 0 Å². The molecule has 0 aromatic rings. The van der Waals surface area contributed by atoms with E-state index < -0.39 is 13.8 Å². The third kappa shape index (κ3) is 1.01. The molecule has 64 valence electrons. The molecular formula is C7H11ClO2S. The van der Waals surface area contributed by atoms with Crippen LogP contribution in [0.4, 0.5) is 0 Å². The van der Waals surface area contributed by atoms with Crippen LogP contribution < -0.4 is 0 Å². The lowest BCUT2D eigenvalue weighted by Crippen LogP contribution is -2.29. The van der Waals surface area contributed by atoms with E-state index in [2.05, 4.69) is 0 Å². The van der Waals surface area contributed by atoms with Crippen LogP contribution in [0.1, 0.15) is 32.1 Å². The maximum atomic E-state index is 11.2. The van der Waals surface area contributed by atoms with Gasteiger partial charge in [0.2, 0.25) is 9.05 Å². The van der Waals surface area contributed by atoms with Crippen molar-refractivity contribution in [2.75, 3.05) is 0 Å². The normalized spacial score (nSPS) is 43.2. The first-order valence-corrected chi connectivity index (χ1v) is 6.29. The zero-order chi connectivity index (χ0) is 8.11. The van der Waals surface area contributed by atoms with Crippen molar-refractivity contribution >= 4 is 19.7 Å². The number of rotatable bonds is 1. The highest BCUT2D eigenvalue weighted by molar-refractivity contribution is 8.14. The zero-order valence-electron chi connectivity index (χ0n) is 6.22. The quantitative estimate of drug-likeness (QED) is 0.598. The van der Waals surface area contributed by atoms with Crippen molar-refractivity contribution in [3.05, 3.63) is 0 Å². The summed E-state index contributed by atoms with van der Waals surface area (Å²) in [5.41, 5.74) is 0. The summed E-state index contributed by atoms with van der Waals surface area (Å²) in [5.74, 6) is 0.642. The average molecular weight is 195 g/mol. The molecule has 0 atom stereocenters. The highest BCUT2D eigenvalue weighted by atomic mass is 35.7. The fraction of sp³-hybridized carbons (Fsp3) is 1.00. The minimum Gasteiger partial charge on any atom is -0.212 e. The van der Waals surface area contributed by atoms with E-state index in [4.69, 9.17) is 10.7 Å². The van der Waals surface area contributed by atoms with Crippen LogP contribution in [0, 0.1) is 5.92 Å². The molecule has 2 nitrogen and oxygen atoms in total. The summed E-state index contributed by atoms with van der Waals surface area (Å²) in [6.45, 7) is 0. The molecule has 0 aromatic carbocycles. The Morgan fingerprint density at radius 3 is 2.00 bits per heavy atom. The van der Waals surface area contributed by atoms with Crippen molar-refractivity contribution in [1.82, 2.24) is 0 Å². The minimum absolute atomic E-state index is 0.515. The van der Waals surface area contributed by atoms with Gasteiger partial charge in [-0.05, 0) is 38.0 Å². The number of hydrogen-bond acceptors (Lipinski definition) is 2. The first-order valence-electron chi connectivity index (χ1n) is 3.98. The fourth-order valence-corrected chi connectivity index (χ4v) is 4.29. The molecule has 2 rings (SSSR count). The van der Waals surface area contributed by atoms with Crippen molar-refractivity contribution in [1.29, 1.82) is 0 Å². The second kappa shape index (κ2) is 2.13. The minimum atomic E-state index is -3.30. The van der Waals surface area contributed by atoms with Crippen molar-refractivity contribution in [3.8, 4) is 0 Å². The Morgan fingerprint density at radius 1 is 1.27 bits per heavy atom. The van der Waals surface area contributed by atoms with Crippen LogP contribution in [0.3, 0.4) is 0 Å². The third-order valence-corrected chi connectivity index (χ3v) is 5.79. The molecule has 2 aliphatic rings. The van der Waals surface area contributed by atoms with Gasteiger partial charge in [0.15, 0.2) is 0 Å². The van der Waals surface area contributed by atoms with Crippen molar-refractivity contribution in [2.45, 2.75) is 36.9 Å². The number of hydrogen-bond donors (Lipinski definition) is 0. The molecule has 4 heteroatoms. The van der Waals surface area contributed by atoms with Gasteiger partial charge < -0.3 is 0 Å². The molecule has 0 unspecified atom stereocenters. The molecule has 0 spiro atoms. The van der Waals surface area contributed by atoms with E-state index in [1.807, 2.05) is 0 Å². The third-order valence-electron chi connectivity index (χ3n) is 3.19. The first kappa shape index (κ1) is 7.87. The van der Waals surface area contributed by atoms with Crippen LogP contribution >= 0.6 is 10.7 Å². The van der Waals surface area contributed by atoms with E-state index in [1.165, 1.54) is 0 Å². The zero-order valence-corrected chi connectivity index (χ0v) is 7.79. The molecule has 2 aliphatic carbocycles. The van der Waals surface area contributed by atoms with E-state index >= 15 is 0 Å². The highest BCUT2D eigenvalue weighted by Crippen LogP contribution is 2.53. The summed E-state index contributed by atoms with van der Waals surface area (Å²) in [6, 6.07) is 0. The lowest BCUT2D eigenvalue weighted by atomic mass is 10.0. The SMILES string of the molecule is O=S(=O)(Cl)C12CCC(CC1)C2. The molecule has 2 saturated carbocycles. The maximum Gasteiger partial charge on any atom is 0.238 e. The van der Waals surface area contributed by atoms with Crippen molar-refractivity contribution < 1.29 is 8.42 Å². The second-order valence-corrected chi connectivity index (χ2v) is 6.73. The summed E-state index contributed by atoms with van der Waals surface area (Å²) in [6.07, 6.45) is 4.53. The van der Waals surface area contributed by atoms with Gasteiger partial charge in [0.1, 0.15) is 0 Å². The largest absolute Gasteiger partial charge is 0.238 e. The van der Waals surface area contributed by atoms with E-state index in [9.17, 15) is 8.42 Å². The Hall–Kier alpha value is 0.240. The molecule has 2 bridgehead atoms. The first-order chi connectivity index (χ1) is 5.04. The molecule has 2 fully saturated rings. The van der Waals surface area contributed by atoms with Gasteiger partial charge in [0.05, 0.1) is 4.75 Å². The Bertz CT molecular complexity index is 262. The summed E-state index contributed by atoms with van der Waals surface area (Å²) >= 11 is 0. The monoisotopic (exact) mass is 194 g/mol. The molecule has 0 radical (unpaired) electrons. The lowest BCUT2D eigenvalue weighted by Gasteiger charge is -2.21. The molecule has 0 aliphatic heterocycles. The van der Waals surface area contributed by atoms with Gasteiger partial charge in [-0.1, -0.05) is 0 Å². The molecule has 0 heterocycles. The average Bonchev–Trinajstić information content (AvgIpc) is 2.42. The molecule has 11 heavy (non-hydrogen) atoms. The van der Waals surface area contributed by atoms with Gasteiger partial charge in [0, 0.05) is 10.7 Å². The van der Waals surface area contributed by atoms with Gasteiger partial charge in [-0.15, -0.1) is 0 Å². The standard InChI is InChI=1S/C7H11ClO2S/c8-11(9,10)7-3-1-6(5-7)2-4-7/h6H,1-5H2. The lowest BCUT2D eigenvalue weighted by molar-refractivity contribution is 0.480. The summed E-state index contributed by atoms with van der Waals surface area (Å²) < 4.78 is 21.8. The number of fused-ring (bicyclic) bond motifs is 2. The Labute approximate surface area is 71.3 Å². The van der Waals surface area contributed by atoms with Crippen LogP contribution in [0.2, 0.25) is 0 Å². The predicted octanol–water partition coefficient (Wildman–Crippen LogP) is 1.89. The van der Waals surface area contributed by atoms with E-state index in [0.29, 0.717) is 5.92 Å². The molecular weight excluding hydrogens is 184 g/mol. The maximum absolute atomic E-state index is 11.2. The smallest absolute Gasteiger partial charge is 0.212 e. The van der Waals surface area contributed by atoms with Crippen LogP contribution in [0.5, 0.6) is 0 Å². The molecule has 0 saturated heterocycles. The van der Waals surface area contributed by atoms with Gasteiger partial charge >= 0.3 is 0 Å². The topological polar surface area (TPSA) is 34.1 Å². The van der Waals surface area contributed by atoms with E-state index in [0.717, 1.165) is 32.1 Å². The number of halogens is 1. The Kier molecular flexibility index (Phi) is 1.53.